The van der Waals surface area contributed by atoms with Crippen molar-refractivity contribution in [3.63, 3.8) is 0 Å². The van der Waals surface area contributed by atoms with Crippen LogP contribution in [0.3, 0.4) is 0 Å². The molecule has 0 aliphatic carbocycles. The van der Waals surface area contributed by atoms with Crippen molar-refractivity contribution in [2.45, 2.75) is 56.9 Å². The largest absolute Gasteiger partial charge is 0.354 e. The average molecular weight is 440 g/mol. The Morgan fingerprint density at radius 3 is 2.52 bits per heavy atom. The minimum absolute atomic E-state index is 0.00923. The van der Waals surface area contributed by atoms with Crippen molar-refractivity contribution in [1.29, 1.82) is 0 Å². The van der Waals surface area contributed by atoms with E-state index in [4.69, 9.17) is 0 Å². The third-order valence-electron chi connectivity index (χ3n) is 6.31. The van der Waals surface area contributed by atoms with E-state index in [2.05, 4.69) is 68.4 Å². The van der Waals surface area contributed by atoms with E-state index in [0.29, 0.717) is 18.1 Å². The van der Waals surface area contributed by atoms with Gasteiger partial charge in [0.2, 0.25) is 5.91 Å². The zero-order valence-electron chi connectivity index (χ0n) is 18.5. The van der Waals surface area contributed by atoms with Crippen LogP contribution in [0.5, 0.6) is 0 Å². The molecule has 1 aromatic heterocycles. The lowest BCUT2D eigenvalue weighted by Gasteiger charge is -2.39. The summed E-state index contributed by atoms with van der Waals surface area (Å²) in [4.78, 5) is 22.2. The molecule has 2 saturated heterocycles. The van der Waals surface area contributed by atoms with Crippen LogP contribution in [0.4, 0.5) is 0 Å². The van der Waals surface area contributed by atoms with Crippen molar-refractivity contribution in [2.24, 2.45) is 4.99 Å². The Balaban J connectivity index is 1.37. The minimum atomic E-state index is 0.00923. The Morgan fingerprint density at radius 2 is 1.87 bits per heavy atom. The Labute approximate surface area is 189 Å². The molecule has 2 aliphatic rings. The summed E-state index contributed by atoms with van der Waals surface area (Å²) in [5.41, 5.74) is 1.40. The summed E-state index contributed by atoms with van der Waals surface area (Å²) >= 11 is 1.73. The molecule has 2 atom stereocenters. The number of fused-ring (bicyclic) bond motifs is 2. The van der Waals surface area contributed by atoms with Gasteiger partial charge in [-0.25, -0.2) is 4.99 Å². The minimum Gasteiger partial charge on any atom is -0.354 e. The maximum absolute atomic E-state index is 12.1. The summed E-state index contributed by atoms with van der Waals surface area (Å²) in [6.45, 7) is 1.92. The number of piperidine rings is 1. The van der Waals surface area contributed by atoms with Crippen molar-refractivity contribution < 1.29 is 4.79 Å². The second kappa shape index (κ2) is 10.3. The van der Waals surface area contributed by atoms with Crippen LogP contribution in [0.15, 0.2) is 52.8 Å². The summed E-state index contributed by atoms with van der Waals surface area (Å²) in [5.74, 6) is 0.750. The van der Waals surface area contributed by atoms with E-state index in [0.717, 1.165) is 31.9 Å². The van der Waals surface area contributed by atoms with E-state index < -0.39 is 0 Å². The molecular formula is C24H33N5OS. The summed E-state index contributed by atoms with van der Waals surface area (Å²) in [6, 6.07) is 16.6. The molecule has 1 amide bonds. The molecule has 2 aliphatic heterocycles. The van der Waals surface area contributed by atoms with Crippen LogP contribution in [0.25, 0.3) is 0 Å². The zero-order chi connectivity index (χ0) is 21.6. The molecule has 0 saturated carbocycles. The van der Waals surface area contributed by atoms with Gasteiger partial charge in [0.25, 0.3) is 0 Å². The van der Waals surface area contributed by atoms with Crippen LogP contribution in [-0.2, 0) is 17.9 Å². The van der Waals surface area contributed by atoms with Crippen molar-refractivity contribution in [1.82, 2.24) is 20.4 Å². The molecule has 2 unspecified atom stereocenters. The quantitative estimate of drug-likeness (QED) is 0.514. The molecule has 4 rings (SSSR count). The van der Waals surface area contributed by atoms with Gasteiger partial charge in [0.05, 0.1) is 6.54 Å². The average Bonchev–Trinajstić information content (AvgIpc) is 3.36. The first-order chi connectivity index (χ1) is 15.1. The third-order valence-corrected chi connectivity index (χ3v) is 7.19. The second-order valence-electron chi connectivity index (χ2n) is 8.74. The highest BCUT2D eigenvalue weighted by molar-refractivity contribution is 7.09. The summed E-state index contributed by atoms with van der Waals surface area (Å²) in [6.07, 6.45) is 4.77. The predicted molar refractivity (Wildman–Crippen MR) is 127 cm³/mol. The van der Waals surface area contributed by atoms with Gasteiger partial charge in [0.1, 0.15) is 6.54 Å². The van der Waals surface area contributed by atoms with Crippen molar-refractivity contribution in [3.05, 3.63) is 58.3 Å². The fraction of sp³-hybridized carbons (Fsp3) is 0.500. The van der Waals surface area contributed by atoms with E-state index in [1.807, 2.05) is 0 Å². The number of benzene rings is 1. The molecular weight excluding hydrogens is 406 g/mol. The first kappa shape index (κ1) is 21.8. The number of rotatable bonds is 7. The van der Waals surface area contributed by atoms with E-state index in [-0.39, 0.29) is 12.5 Å². The lowest BCUT2D eigenvalue weighted by atomic mass is 9.96. The number of hydrogen-bond acceptors (Lipinski definition) is 4. The number of hydrogen-bond donors (Lipinski definition) is 2. The predicted octanol–water partition coefficient (Wildman–Crippen LogP) is 3.07. The van der Waals surface area contributed by atoms with E-state index in [9.17, 15) is 4.79 Å². The molecule has 0 spiro atoms. The highest BCUT2D eigenvalue weighted by atomic mass is 32.1. The van der Waals surface area contributed by atoms with Gasteiger partial charge in [0, 0.05) is 43.6 Å². The number of nitrogens with one attached hydrogen (secondary N) is 2. The first-order valence-electron chi connectivity index (χ1n) is 11.2. The van der Waals surface area contributed by atoms with Crippen LogP contribution in [0.1, 0.15) is 36.1 Å². The van der Waals surface area contributed by atoms with E-state index in [1.165, 1.54) is 23.3 Å². The van der Waals surface area contributed by atoms with Crippen LogP contribution in [0, 0.1) is 0 Å². The Morgan fingerprint density at radius 1 is 1.13 bits per heavy atom. The van der Waals surface area contributed by atoms with Gasteiger partial charge in [-0.05, 0) is 42.7 Å². The summed E-state index contributed by atoms with van der Waals surface area (Å²) in [7, 11) is 3.54. The number of nitrogens with zero attached hydrogens (tertiary/aromatic N) is 3. The normalized spacial score (nSPS) is 23.5. The first-order valence-corrected chi connectivity index (χ1v) is 12.0. The Hall–Kier alpha value is -2.38. The monoisotopic (exact) mass is 439 g/mol. The van der Waals surface area contributed by atoms with E-state index >= 15 is 0 Å². The lowest BCUT2D eigenvalue weighted by molar-refractivity contribution is -0.127. The van der Waals surface area contributed by atoms with Gasteiger partial charge in [-0.3, -0.25) is 9.69 Å². The van der Waals surface area contributed by atoms with Crippen LogP contribution >= 0.6 is 11.3 Å². The van der Waals surface area contributed by atoms with Gasteiger partial charge in [-0.15, -0.1) is 11.3 Å². The molecule has 1 aromatic carbocycles. The molecule has 2 aromatic rings. The molecule has 2 bridgehead atoms. The molecule has 2 N–H and O–H groups in total. The number of thiophene rings is 1. The maximum atomic E-state index is 12.1. The molecule has 0 radical (unpaired) electrons. The van der Waals surface area contributed by atoms with Crippen LogP contribution in [-0.4, -0.2) is 60.4 Å². The van der Waals surface area contributed by atoms with Gasteiger partial charge >= 0.3 is 0 Å². The third kappa shape index (κ3) is 5.86. The van der Waals surface area contributed by atoms with Gasteiger partial charge in [-0.2, -0.15) is 0 Å². The molecule has 6 nitrogen and oxygen atoms in total. The van der Waals surface area contributed by atoms with Gasteiger partial charge in [0.15, 0.2) is 5.96 Å². The topological polar surface area (TPSA) is 60.0 Å². The molecule has 7 heteroatoms. The molecule has 2 fully saturated rings. The zero-order valence-corrected chi connectivity index (χ0v) is 19.3. The van der Waals surface area contributed by atoms with Gasteiger partial charge < -0.3 is 15.5 Å². The number of amides is 1. The van der Waals surface area contributed by atoms with E-state index in [1.54, 1.807) is 30.3 Å². The van der Waals surface area contributed by atoms with Crippen LogP contribution < -0.4 is 10.6 Å². The molecule has 3 heterocycles. The highest BCUT2D eigenvalue weighted by Gasteiger charge is 2.40. The van der Waals surface area contributed by atoms with Crippen molar-refractivity contribution in [2.75, 3.05) is 20.6 Å². The fourth-order valence-corrected chi connectivity index (χ4v) is 5.31. The van der Waals surface area contributed by atoms with Crippen molar-refractivity contribution >= 4 is 23.2 Å². The number of aliphatic imine (C=N–C) groups is 1. The smallest absolute Gasteiger partial charge is 0.243 e. The fourth-order valence-electron chi connectivity index (χ4n) is 4.66. The van der Waals surface area contributed by atoms with Crippen molar-refractivity contribution in [3.8, 4) is 0 Å². The Kier molecular flexibility index (Phi) is 7.25. The highest BCUT2D eigenvalue weighted by Crippen LogP contribution is 2.36. The summed E-state index contributed by atoms with van der Waals surface area (Å²) in [5, 5.41) is 9.15. The standard InChI is InChI=1S/C24H33N5OS/c1-28(2)23(30)16-26-24(25-15-22-9-6-12-31-22)27-19-13-20-10-11-21(14-19)29(20)17-18-7-4-3-5-8-18/h3-9,12,19-21H,10-11,13-17H2,1-2H3,(H2,25,26,27). The Bertz CT molecular complexity index is 853. The SMILES string of the molecule is CN(C)C(=O)CN=C(NCc1cccs1)NC1CC2CCC(C1)N2Cc1ccccc1. The molecule has 31 heavy (non-hydrogen) atoms. The number of likely N-dealkylation sites (N-methyl/N-ethyl adjacent to an activating group) is 1. The number of carbonyl (C=O) groups excluding carboxylic acids is 1. The molecule has 166 valence electrons. The summed E-state index contributed by atoms with van der Waals surface area (Å²) < 4.78 is 0. The van der Waals surface area contributed by atoms with Crippen LogP contribution in [0.2, 0.25) is 0 Å². The van der Waals surface area contributed by atoms with Gasteiger partial charge in [-0.1, -0.05) is 36.4 Å². The number of guanidine groups is 1. The second-order valence-corrected chi connectivity index (χ2v) is 9.77. The number of carbonyl (C=O) groups is 1. The maximum Gasteiger partial charge on any atom is 0.243 e. The lowest BCUT2D eigenvalue weighted by Crippen LogP contribution is -2.52.